The zero-order valence-electron chi connectivity index (χ0n) is 11.9. The average molecular weight is 265 g/mol. The molecule has 0 heterocycles. The molecule has 2 nitrogen and oxygen atoms in total. The van der Waals surface area contributed by atoms with Crippen molar-refractivity contribution in [1.82, 2.24) is 0 Å². The number of Topliss-reactive ketones (excluding diaryl/α,β-unsaturated/α-hetero) is 1. The van der Waals surface area contributed by atoms with Crippen molar-refractivity contribution < 1.29 is 9.18 Å². The molecule has 2 N–H and O–H groups in total. The molecule has 3 heteroatoms. The molecule has 1 unspecified atom stereocenters. The standard InChI is InChI=1S/C16H24FNO/c1-3-4-13(7-8-18)5-6-16(19)14-9-12(2)10-15(17)11-14/h9-11,13H,3-8,18H2,1-2H3. The molecule has 0 aliphatic heterocycles. The molecule has 106 valence electrons. The summed E-state index contributed by atoms with van der Waals surface area (Å²) in [4.78, 5) is 12.1. The Morgan fingerprint density at radius 1 is 1.26 bits per heavy atom. The number of aryl methyl sites for hydroxylation is 1. The smallest absolute Gasteiger partial charge is 0.162 e. The van der Waals surface area contributed by atoms with E-state index >= 15 is 0 Å². The Labute approximate surface area is 115 Å². The van der Waals surface area contributed by atoms with Crippen LogP contribution in [0.1, 0.15) is 54.9 Å². The van der Waals surface area contributed by atoms with Crippen molar-refractivity contribution in [2.24, 2.45) is 11.7 Å². The van der Waals surface area contributed by atoms with Gasteiger partial charge in [-0.05, 0) is 56.0 Å². The van der Waals surface area contributed by atoms with Crippen molar-refractivity contribution in [3.05, 3.63) is 35.1 Å². The quantitative estimate of drug-likeness (QED) is 0.725. The van der Waals surface area contributed by atoms with Crippen LogP contribution in [0.4, 0.5) is 4.39 Å². The topological polar surface area (TPSA) is 43.1 Å². The summed E-state index contributed by atoms with van der Waals surface area (Å²) in [7, 11) is 0. The molecule has 0 spiro atoms. The van der Waals surface area contributed by atoms with Gasteiger partial charge in [-0.25, -0.2) is 4.39 Å². The van der Waals surface area contributed by atoms with Gasteiger partial charge in [0.15, 0.2) is 5.78 Å². The molecule has 1 aromatic carbocycles. The average Bonchev–Trinajstić information content (AvgIpc) is 2.35. The van der Waals surface area contributed by atoms with E-state index < -0.39 is 0 Å². The van der Waals surface area contributed by atoms with E-state index in [1.807, 2.05) is 0 Å². The maximum absolute atomic E-state index is 13.3. The van der Waals surface area contributed by atoms with Crippen molar-refractivity contribution in [2.75, 3.05) is 6.54 Å². The Morgan fingerprint density at radius 3 is 2.58 bits per heavy atom. The predicted molar refractivity (Wildman–Crippen MR) is 76.8 cm³/mol. The highest BCUT2D eigenvalue weighted by Gasteiger charge is 2.12. The Hall–Kier alpha value is -1.22. The number of carbonyl (C=O) groups is 1. The fourth-order valence-electron chi connectivity index (χ4n) is 2.45. The second-order valence-corrected chi connectivity index (χ2v) is 5.21. The van der Waals surface area contributed by atoms with Crippen LogP contribution in [0, 0.1) is 18.7 Å². The van der Waals surface area contributed by atoms with E-state index in [4.69, 9.17) is 5.73 Å². The minimum absolute atomic E-state index is 0.0284. The van der Waals surface area contributed by atoms with Crippen LogP contribution in [0.3, 0.4) is 0 Å². The third-order valence-electron chi connectivity index (χ3n) is 3.42. The van der Waals surface area contributed by atoms with Crippen LogP contribution in [-0.4, -0.2) is 12.3 Å². The number of rotatable bonds is 8. The van der Waals surface area contributed by atoms with Gasteiger partial charge in [0.2, 0.25) is 0 Å². The van der Waals surface area contributed by atoms with E-state index in [1.54, 1.807) is 13.0 Å². The van der Waals surface area contributed by atoms with Crippen LogP contribution in [0.15, 0.2) is 18.2 Å². The minimum Gasteiger partial charge on any atom is -0.330 e. The fourth-order valence-corrected chi connectivity index (χ4v) is 2.45. The van der Waals surface area contributed by atoms with Crippen LogP contribution in [0.5, 0.6) is 0 Å². The molecule has 1 atom stereocenters. The third-order valence-corrected chi connectivity index (χ3v) is 3.42. The number of hydrogen-bond donors (Lipinski definition) is 1. The van der Waals surface area contributed by atoms with Gasteiger partial charge in [0.1, 0.15) is 5.82 Å². The van der Waals surface area contributed by atoms with Gasteiger partial charge in [0.25, 0.3) is 0 Å². The monoisotopic (exact) mass is 265 g/mol. The van der Waals surface area contributed by atoms with E-state index in [0.717, 1.165) is 31.2 Å². The Morgan fingerprint density at radius 2 is 2.00 bits per heavy atom. The van der Waals surface area contributed by atoms with E-state index in [1.165, 1.54) is 12.1 Å². The highest BCUT2D eigenvalue weighted by Crippen LogP contribution is 2.19. The molecule has 0 fully saturated rings. The van der Waals surface area contributed by atoms with Crippen LogP contribution in [0.2, 0.25) is 0 Å². The van der Waals surface area contributed by atoms with Crippen molar-refractivity contribution in [1.29, 1.82) is 0 Å². The molecule has 0 saturated carbocycles. The van der Waals surface area contributed by atoms with Gasteiger partial charge < -0.3 is 5.73 Å². The van der Waals surface area contributed by atoms with Crippen LogP contribution in [0.25, 0.3) is 0 Å². The second kappa shape index (κ2) is 8.05. The first-order chi connectivity index (χ1) is 9.06. The van der Waals surface area contributed by atoms with Crippen LogP contribution >= 0.6 is 0 Å². The largest absolute Gasteiger partial charge is 0.330 e. The molecule has 0 aliphatic carbocycles. The van der Waals surface area contributed by atoms with Gasteiger partial charge >= 0.3 is 0 Å². The fraction of sp³-hybridized carbons (Fsp3) is 0.562. The van der Waals surface area contributed by atoms with Gasteiger partial charge in [-0.3, -0.25) is 4.79 Å². The number of ketones is 1. The van der Waals surface area contributed by atoms with E-state index in [0.29, 0.717) is 24.4 Å². The SMILES string of the molecule is CCCC(CCN)CCC(=O)c1cc(C)cc(F)c1. The molecule has 0 bridgehead atoms. The number of carbonyl (C=O) groups excluding carboxylic acids is 1. The zero-order chi connectivity index (χ0) is 14.3. The summed E-state index contributed by atoms with van der Waals surface area (Å²) in [5.74, 6) is 0.199. The molecule has 0 aliphatic rings. The van der Waals surface area contributed by atoms with Gasteiger partial charge in [0.05, 0.1) is 0 Å². The minimum atomic E-state index is -0.338. The van der Waals surface area contributed by atoms with Gasteiger partial charge in [0, 0.05) is 12.0 Å². The lowest BCUT2D eigenvalue weighted by atomic mass is 9.92. The lowest BCUT2D eigenvalue weighted by Crippen LogP contribution is -2.11. The van der Waals surface area contributed by atoms with Crippen molar-refractivity contribution in [3.8, 4) is 0 Å². The number of benzene rings is 1. The first kappa shape index (κ1) is 15.8. The van der Waals surface area contributed by atoms with Crippen LogP contribution in [-0.2, 0) is 0 Å². The van der Waals surface area contributed by atoms with Gasteiger partial charge in [-0.15, -0.1) is 0 Å². The Bertz CT molecular complexity index is 391. The van der Waals surface area contributed by atoms with Crippen molar-refractivity contribution in [2.45, 2.75) is 46.0 Å². The molecule has 0 saturated heterocycles. The van der Waals surface area contributed by atoms with E-state index in [9.17, 15) is 9.18 Å². The summed E-state index contributed by atoms with van der Waals surface area (Å²) in [6.45, 7) is 4.60. The summed E-state index contributed by atoms with van der Waals surface area (Å²) >= 11 is 0. The van der Waals surface area contributed by atoms with E-state index in [-0.39, 0.29) is 11.6 Å². The van der Waals surface area contributed by atoms with Crippen molar-refractivity contribution in [3.63, 3.8) is 0 Å². The molecule has 0 aromatic heterocycles. The number of halogens is 1. The first-order valence-electron chi connectivity index (χ1n) is 7.07. The zero-order valence-corrected chi connectivity index (χ0v) is 11.9. The van der Waals surface area contributed by atoms with Crippen molar-refractivity contribution >= 4 is 5.78 Å². The normalized spacial score (nSPS) is 12.4. The summed E-state index contributed by atoms with van der Waals surface area (Å²) in [5.41, 5.74) is 6.86. The molecule has 0 amide bonds. The lowest BCUT2D eigenvalue weighted by Gasteiger charge is -2.14. The molecule has 19 heavy (non-hydrogen) atoms. The highest BCUT2D eigenvalue weighted by molar-refractivity contribution is 5.96. The Balaban J connectivity index is 2.58. The van der Waals surface area contributed by atoms with Crippen LogP contribution < -0.4 is 5.73 Å². The molecule has 1 rings (SSSR count). The summed E-state index contributed by atoms with van der Waals surface area (Å²) in [5, 5.41) is 0. The lowest BCUT2D eigenvalue weighted by molar-refractivity contribution is 0.0971. The van der Waals surface area contributed by atoms with Gasteiger partial charge in [-0.2, -0.15) is 0 Å². The molecular formula is C16H24FNO. The Kier molecular flexibility index (Phi) is 6.71. The maximum Gasteiger partial charge on any atom is 0.162 e. The number of hydrogen-bond acceptors (Lipinski definition) is 2. The first-order valence-corrected chi connectivity index (χ1v) is 7.07. The summed E-state index contributed by atoms with van der Waals surface area (Å²) < 4.78 is 13.3. The van der Waals surface area contributed by atoms with Gasteiger partial charge in [-0.1, -0.05) is 19.8 Å². The highest BCUT2D eigenvalue weighted by atomic mass is 19.1. The molecule has 1 aromatic rings. The molecular weight excluding hydrogens is 241 g/mol. The van der Waals surface area contributed by atoms with E-state index in [2.05, 4.69) is 6.92 Å². The summed E-state index contributed by atoms with van der Waals surface area (Å²) in [6, 6.07) is 4.52. The predicted octanol–water partition coefficient (Wildman–Crippen LogP) is 3.86. The maximum atomic E-state index is 13.3. The molecule has 0 radical (unpaired) electrons. The number of nitrogens with two attached hydrogens (primary N) is 1. The second-order valence-electron chi connectivity index (χ2n) is 5.21. The third kappa shape index (κ3) is 5.52. The summed E-state index contributed by atoms with van der Waals surface area (Å²) in [6.07, 6.45) is 4.50.